The molecule has 0 saturated heterocycles. The summed E-state index contributed by atoms with van der Waals surface area (Å²) in [5.74, 6) is 0. The molecule has 1 aliphatic rings. The lowest BCUT2D eigenvalue weighted by atomic mass is 10.0. The topological polar surface area (TPSA) is 65.4 Å². The van der Waals surface area contributed by atoms with Crippen molar-refractivity contribution in [3.8, 4) is 11.1 Å². The summed E-state index contributed by atoms with van der Waals surface area (Å²) in [6, 6.07) is 18.4. The summed E-state index contributed by atoms with van der Waals surface area (Å²) in [5, 5.41) is 4.06. The van der Waals surface area contributed by atoms with Crippen LogP contribution in [-0.2, 0) is 13.1 Å². The molecule has 0 unspecified atom stereocenters. The summed E-state index contributed by atoms with van der Waals surface area (Å²) in [4.78, 5) is 22.2. The van der Waals surface area contributed by atoms with E-state index in [9.17, 15) is 4.79 Å². The van der Waals surface area contributed by atoms with Gasteiger partial charge in [-0.1, -0.05) is 30.3 Å². The number of pyridine rings is 1. The third-order valence-electron chi connectivity index (χ3n) is 5.77. The SMILES string of the molecule is O=C(Nc1c[nH]c2ccccc12)N1Cc2ccc(-c3ccc4nccn4c3)cc2C1. The Bertz CT molecular complexity index is 1410. The number of fused-ring (bicyclic) bond motifs is 3. The third-order valence-corrected chi connectivity index (χ3v) is 5.77. The highest BCUT2D eigenvalue weighted by Gasteiger charge is 2.24. The highest BCUT2D eigenvalue weighted by Crippen LogP contribution is 2.30. The number of benzene rings is 2. The van der Waals surface area contributed by atoms with Gasteiger partial charge in [-0.15, -0.1) is 0 Å². The second kappa shape index (κ2) is 6.49. The van der Waals surface area contributed by atoms with E-state index >= 15 is 0 Å². The molecule has 5 aromatic rings. The molecule has 2 N–H and O–H groups in total. The Hall–Kier alpha value is -4.06. The van der Waals surface area contributed by atoms with Crippen molar-refractivity contribution in [2.75, 3.05) is 5.32 Å². The Balaban J connectivity index is 1.23. The van der Waals surface area contributed by atoms with Crippen molar-refractivity contribution in [1.82, 2.24) is 19.3 Å². The summed E-state index contributed by atoms with van der Waals surface area (Å²) < 4.78 is 2.02. The molecule has 2 aromatic carbocycles. The number of aromatic nitrogens is 3. The first kappa shape index (κ1) is 16.9. The van der Waals surface area contributed by atoms with Crippen molar-refractivity contribution >= 4 is 28.3 Å². The zero-order valence-electron chi connectivity index (χ0n) is 16.2. The van der Waals surface area contributed by atoms with Gasteiger partial charge < -0.3 is 19.6 Å². The minimum absolute atomic E-state index is 0.0858. The Morgan fingerprint density at radius 2 is 1.87 bits per heavy atom. The molecule has 0 saturated carbocycles. The van der Waals surface area contributed by atoms with E-state index in [1.807, 2.05) is 52.0 Å². The second-order valence-corrected chi connectivity index (χ2v) is 7.63. The number of carbonyl (C=O) groups excluding carboxylic acids is 1. The second-order valence-electron chi connectivity index (χ2n) is 7.63. The fraction of sp³-hybridized carbons (Fsp3) is 0.0833. The summed E-state index contributed by atoms with van der Waals surface area (Å²) in [6.07, 6.45) is 7.67. The first-order valence-electron chi connectivity index (χ1n) is 9.91. The van der Waals surface area contributed by atoms with Gasteiger partial charge in [0.2, 0.25) is 0 Å². The quantitative estimate of drug-likeness (QED) is 0.442. The number of hydrogen-bond donors (Lipinski definition) is 2. The number of urea groups is 1. The van der Waals surface area contributed by atoms with Gasteiger partial charge in [-0.25, -0.2) is 9.78 Å². The summed E-state index contributed by atoms with van der Waals surface area (Å²) >= 11 is 0. The van der Waals surface area contributed by atoms with Crippen LogP contribution in [0.2, 0.25) is 0 Å². The average Bonchev–Trinajstić information content (AvgIpc) is 3.50. The van der Waals surface area contributed by atoms with Crippen molar-refractivity contribution in [1.29, 1.82) is 0 Å². The van der Waals surface area contributed by atoms with E-state index in [-0.39, 0.29) is 6.03 Å². The van der Waals surface area contributed by atoms with E-state index in [1.54, 1.807) is 6.20 Å². The van der Waals surface area contributed by atoms with E-state index < -0.39 is 0 Å². The van der Waals surface area contributed by atoms with Gasteiger partial charge in [0.05, 0.1) is 5.69 Å². The van der Waals surface area contributed by atoms with Crippen molar-refractivity contribution in [2.24, 2.45) is 0 Å². The van der Waals surface area contributed by atoms with Crippen LogP contribution in [0, 0.1) is 0 Å². The van der Waals surface area contributed by atoms with Gasteiger partial charge in [0.1, 0.15) is 5.65 Å². The van der Waals surface area contributed by atoms with E-state index in [4.69, 9.17) is 0 Å². The number of carbonyl (C=O) groups is 1. The van der Waals surface area contributed by atoms with E-state index in [0.717, 1.165) is 33.4 Å². The van der Waals surface area contributed by atoms with Gasteiger partial charge in [0.15, 0.2) is 0 Å². The fourth-order valence-electron chi connectivity index (χ4n) is 4.18. The van der Waals surface area contributed by atoms with Gasteiger partial charge >= 0.3 is 6.03 Å². The van der Waals surface area contributed by atoms with Crippen LogP contribution in [0.5, 0.6) is 0 Å². The summed E-state index contributed by atoms with van der Waals surface area (Å²) in [7, 11) is 0. The Morgan fingerprint density at radius 3 is 2.83 bits per heavy atom. The Kier molecular flexibility index (Phi) is 3.64. The number of amides is 2. The maximum atomic E-state index is 12.9. The van der Waals surface area contributed by atoms with Crippen LogP contribution in [-0.4, -0.2) is 25.3 Å². The number of anilines is 1. The molecule has 3 aromatic heterocycles. The van der Waals surface area contributed by atoms with Gasteiger partial charge in [0.25, 0.3) is 0 Å². The fourth-order valence-corrected chi connectivity index (χ4v) is 4.18. The van der Waals surface area contributed by atoms with E-state index in [0.29, 0.717) is 13.1 Å². The molecule has 6 heteroatoms. The molecular weight excluding hydrogens is 374 g/mol. The van der Waals surface area contributed by atoms with Gasteiger partial charge in [-0.3, -0.25) is 0 Å². The van der Waals surface area contributed by atoms with Crippen molar-refractivity contribution in [2.45, 2.75) is 13.1 Å². The molecule has 0 atom stereocenters. The van der Waals surface area contributed by atoms with Crippen LogP contribution < -0.4 is 5.32 Å². The highest BCUT2D eigenvalue weighted by atomic mass is 16.2. The van der Waals surface area contributed by atoms with E-state index in [2.05, 4.69) is 45.7 Å². The first-order valence-corrected chi connectivity index (χ1v) is 9.91. The predicted molar refractivity (Wildman–Crippen MR) is 117 cm³/mol. The molecule has 0 radical (unpaired) electrons. The number of H-pyrrole nitrogens is 1. The lowest BCUT2D eigenvalue weighted by Crippen LogP contribution is -2.30. The van der Waals surface area contributed by atoms with E-state index in [1.165, 1.54) is 11.1 Å². The number of nitrogens with one attached hydrogen (secondary N) is 2. The van der Waals surface area contributed by atoms with Crippen LogP contribution in [0.15, 0.2) is 79.4 Å². The predicted octanol–water partition coefficient (Wildman–Crippen LogP) is 5.03. The zero-order chi connectivity index (χ0) is 20.1. The molecule has 0 aliphatic carbocycles. The van der Waals surface area contributed by atoms with Crippen LogP contribution in [0.4, 0.5) is 10.5 Å². The number of aromatic amines is 1. The number of hydrogen-bond acceptors (Lipinski definition) is 2. The maximum absolute atomic E-state index is 12.9. The largest absolute Gasteiger partial charge is 0.359 e. The van der Waals surface area contributed by atoms with Crippen molar-refractivity contribution in [3.63, 3.8) is 0 Å². The van der Waals surface area contributed by atoms with Crippen molar-refractivity contribution < 1.29 is 4.79 Å². The van der Waals surface area contributed by atoms with Crippen LogP contribution >= 0.6 is 0 Å². The summed E-state index contributed by atoms with van der Waals surface area (Å²) in [5.41, 5.74) is 7.40. The molecule has 0 spiro atoms. The average molecular weight is 393 g/mol. The molecule has 30 heavy (non-hydrogen) atoms. The minimum Gasteiger partial charge on any atom is -0.359 e. The lowest BCUT2D eigenvalue weighted by molar-refractivity contribution is 0.212. The first-order chi connectivity index (χ1) is 14.7. The molecule has 2 amide bonds. The van der Waals surface area contributed by atoms with Crippen LogP contribution in [0.3, 0.4) is 0 Å². The smallest absolute Gasteiger partial charge is 0.322 e. The highest BCUT2D eigenvalue weighted by molar-refractivity contribution is 6.01. The number of para-hydroxylation sites is 1. The number of imidazole rings is 1. The van der Waals surface area contributed by atoms with Crippen molar-refractivity contribution in [3.05, 3.63) is 90.5 Å². The standard InChI is InChI=1S/C24H19N5O/c30-24(27-22-12-26-21-4-2-1-3-20(21)22)29-14-18-6-5-16(11-19(18)15-29)17-7-8-23-25-9-10-28(23)13-17/h1-13,26H,14-15H2,(H,27,30). The normalized spacial score (nSPS) is 13.1. The molecule has 6 nitrogen and oxygen atoms in total. The molecule has 1 aliphatic heterocycles. The van der Waals surface area contributed by atoms with Gasteiger partial charge in [-0.05, 0) is 46.5 Å². The number of nitrogens with zero attached hydrogens (tertiary/aromatic N) is 3. The van der Waals surface area contributed by atoms with Crippen LogP contribution in [0.1, 0.15) is 11.1 Å². The number of rotatable bonds is 2. The molecule has 4 heterocycles. The lowest BCUT2D eigenvalue weighted by Gasteiger charge is -2.16. The maximum Gasteiger partial charge on any atom is 0.322 e. The van der Waals surface area contributed by atoms with Gasteiger partial charge in [-0.2, -0.15) is 0 Å². The third kappa shape index (κ3) is 2.73. The van der Waals surface area contributed by atoms with Crippen LogP contribution in [0.25, 0.3) is 27.7 Å². The van der Waals surface area contributed by atoms with Gasteiger partial charge in [0, 0.05) is 48.8 Å². The summed E-state index contributed by atoms with van der Waals surface area (Å²) in [6.45, 7) is 1.22. The Labute approximate surface area is 172 Å². The minimum atomic E-state index is -0.0858. The molecule has 6 rings (SSSR count). The zero-order valence-corrected chi connectivity index (χ0v) is 16.2. The molecule has 146 valence electrons. The molecule has 0 bridgehead atoms. The Morgan fingerprint density at radius 1 is 1.00 bits per heavy atom. The molecular formula is C24H19N5O. The monoisotopic (exact) mass is 393 g/mol. The molecule has 0 fully saturated rings.